The predicted octanol–water partition coefficient (Wildman–Crippen LogP) is 2.33. The molecule has 0 fully saturated rings. The summed E-state index contributed by atoms with van der Waals surface area (Å²) in [6, 6.07) is 14.1. The maximum Gasteiger partial charge on any atom is 0.262 e. The number of carbonyl (C=O) groups is 1. The number of anilines is 1. The van der Waals surface area contributed by atoms with Gasteiger partial charge in [0, 0.05) is 6.07 Å². The van der Waals surface area contributed by atoms with Crippen molar-refractivity contribution in [2.75, 3.05) is 11.9 Å². The molecule has 0 saturated heterocycles. The summed E-state index contributed by atoms with van der Waals surface area (Å²) in [6.45, 7) is -0.135. The zero-order valence-corrected chi connectivity index (χ0v) is 12.6. The first-order chi connectivity index (χ1) is 11.2. The van der Waals surface area contributed by atoms with Gasteiger partial charge in [0.05, 0.1) is 16.4 Å². The number of tetrazole rings is 1. The molecule has 7 nitrogen and oxygen atoms in total. The maximum atomic E-state index is 11.9. The molecule has 0 atom stereocenters. The van der Waals surface area contributed by atoms with Crippen LogP contribution < -0.4 is 10.1 Å². The highest BCUT2D eigenvalue weighted by Gasteiger charge is 2.07. The van der Waals surface area contributed by atoms with Crippen LogP contribution in [0.3, 0.4) is 0 Å². The van der Waals surface area contributed by atoms with Gasteiger partial charge in [0.25, 0.3) is 5.91 Å². The number of hydrogen-bond acceptors (Lipinski definition) is 5. The average molecular weight is 330 g/mol. The van der Waals surface area contributed by atoms with E-state index in [2.05, 4.69) is 20.8 Å². The van der Waals surface area contributed by atoms with Crippen molar-refractivity contribution in [3.63, 3.8) is 0 Å². The largest absolute Gasteiger partial charge is 0.484 e. The molecule has 1 amide bonds. The number of rotatable bonds is 5. The number of carbonyl (C=O) groups excluding carboxylic acids is 1. The van der Waals surface area contributed by atoms with Crippen molar-refractivity contribution in [3.8, 4) is 11.4 Å². The number of ether oxygens (including phenoxy) is 1. The Morgan fingerprint density at radius 1 is 1.22 bits per heavy atom. The molecule has 23 heavy (non-hydrogen) atoms. The summed E-state index contributed by atoms with van der Waals surface area (Å²) < 4.78 is 6.98. The molecule has 3 rings (SSSR count). The van der Waals surface area contributed by atoms with E-state index >= 15 is 0 Å². The van der Waals surface area contributed by atoms with Gasteiger partial charge in [0.1, 0.15) is 12.1 Å². The number of nitrogens with one attached hydrogen (secondary N) is 1. The summed E-state index contributed by atoms with van der Waals surface area (Å²) in [5.74, 6) is 0.234. The highest BCUT2D eigenvalue weighted by atomic mass is 35.5. The van der Waals surface area contributed by atoms with Crippen molar-refractivity contribution in [1.29, 1.82) is 0 Å². The molecular formula is C15H12ClN5O2. The fourth-order valence-corrected chi connectivity index (χ4v) is 2.08. The van der Waals surface area contributed by atoms with E-state index in [1.54, 1.807) is 42.5 Å². The second kappa shape index (κ2) is 6.89. The highest BCUT2D eigenvalue weighted by molar-refractivity contribution is 6.33. The smallest absolute Gasteiger partial charge is 0.262 e. The number of para-hydroxylation sites is 1. The summed E-state index contributed by atoms with van der Waals surface area (Å²) in [4.78, 5) is 11.9. The average Bonchev–Trinajstić information content (AvgIpc) is 3.10. The van der Waals surface area contributed by atoms with Crippen molar-refractivity contribution < 1.29 is 9.53 Å². The Labute approximate surface area is 136 Å². The number of hydrogen-bond donors (Lipinski definition) is 1. The zero-order chi connectivity index (χ0) is 16.1. The predicted molar refractivity (Wildman–Crippen MR) is 84.7 cm³/mol. The van der Waals surface area contributed by atoms with Crippen molar-refractivity contribution >= 4 is 23.2 Å². The van der Waals surface area contributed by atoms with Crippen molar-refractivity contribution in [3.05, 3.63) is 59.9 Å². The fraction of sp³-hybridized carbons (Fsp3) is 0.0667. The second-order valence-corrected chi connectivity index (χ2v) is 4.98. The molecule has 2 aromatic carbocycles. The Kier molecular flexibility index (Phi) is 4.49. The number of aromatic nitrogens is 4. The quantitative estimate of drug-likeness (QED) is 0.777. The molecular weight excluding hydrogens is 318 g/mol. The Bertz CT molecular complexity index is 807. The van der Waals surface area contributed by atoms with Crippen LogP contribution in [0, 0.1) is 0 Å². The minimum absolute atomic E-state index is 0.135. The second-order valence-electron chi connectivity index (χ2n) is 4.57. The van der Waals surface area contributed by atoms with Gasteiger partial charge in [-0.05, 0) is 34.7 Å². The molecule has 1 heterocycles. The molecule has 0 aliphatic heterocycles. The van der Waals surface area contributed by atoms with Gasteiger partial charge in [-0.25, -0.2) is 4.68 Å². The lowest BCUT2D eigenvalue weighted by Gasteiger charge is -2.09. The SMILES string of the molecule is O=C(COc1cccc(-n2cnnn2)c1)Nc1ccccc1Cl. The zero-order valence-electron chi connectivity index (χ0n) is 11.9. The van der Waals surface area contributed by atoms with Gasteiger partial charge in [0.2, 0.25) is 0 Å². The lowest BCUT2D eigenvalue weighted by Crippen LogP contribution is -2.20. The molecule has 3 aromatic rings. The van der Waals surface area contributed by atoms with Crippen molar-refractivity contribution in [2.24, 2.45) is 0 Å². The summed E-state index contributed by atoms with van der Waals surface area (Å²) in [5, 5.41) is 14.1. The molecule has 0 spiro atoms. The molecule has 0 radical (unpaired) electrons. The molecule has 0 aliphatic rings. The number of benzene rings is 2. The van der Waals surface area contributed by atoms with E-state index in [0.29, 0.717) is 16.5 Å². The maximum absolute atomic E-state index is 11.9. The summed E-state index contributed by atoms with van der Waals surface area (Å²) in [7, 11) is 0. The van der Waals surface area contributed by atoms with E-state index in [4.69, 9.17) is 16.3 Å². The summed E-state index contributed by atoms with van der Waals surface area (Å²) in [6.07, 6.45) is 1.48. The van der Waals surface area contributed by atoms with Gasteiger partial charge >= 0.3 is 0 Å². The number of nitrogens with zero attached hydrogens (tertiary/aromatic N) is 4. The van der Waals surface area contributed by atoms with E-state index in [1.807, 2.05) is 6.07 Å². The van der Waals surface area contributed by atoms with Gasteiger partial charge in [0.15, 0.2) is 6.61 Å². The highest BCUT2D eigenvalue weighted by Crippen LogP contribution is 2.20. The third kappa shape index (κ3) is 3.83. The Balaban J connectivity index is 1.61. The molecule has 8 heteroatoms. The van der Waals surface area contributed by atoms with E-state index in [9.17, 15) is 4.79 Å². The van der Waals surface area contributed by atoms with Gasteiger partial charge in [-0.3, -0.25) is 4.79 Å². The summed E-state index contributed by atoms with van der Waals surface area (Å²) in [5.41, 5.74) is 1.28. The van der Waals surface area contributed by atoms with Crippen molar-refractivity contribution in [2.45, 2.75) is 0 Å². The molecule has 0 bridgehead atoms. The molecule has 1 aromatic heterocycles. The van der Waals surface area contributed by atoms with Crippen LogP contribution in [0.15, 0.2) is 54.9 Å². The monoisotopic (exact) mass is 329 g/mol. The van der Waals surface area contributed by atoms with Crippen LogP contribution in [-0.4, -0.2) is 32.7 Å². The van der Waals surface area contributed by atoms with Gasteiger partial charge < -0.3 is 10.1 Å². The van der Waals surface area contributed by atoms with E-state index in [0.717, 1.165) is 5.69 Å². The number of amides is 1. The molecule has 1 N–H and O–H groups in total. The summed E-state index contributed by atoms with van der Waals surface area (Å²) >= 11 is 5.99. The minimum atomic E-state index is -0.300. The van der Waals surface area contributed by atoms with Crippen molar-refractivity contribution in [1.82, 2.24) is 20.2 Å². The Morgan fingerprint density at radius 3 is 2.87 bits per heavy atom. The molecule has 0 unspecified atom stereocenters. The Hall–Kier alpha value is -2.93. The van der Waals surface area contributed by atoms with Crippen LogP contribution in [0.4, 0.5) is 5.69 Å². The Morgan fingerprint density at radius 2 is 2.09 bits per heavy atom. The first-order valence-electron chi connectivity index (χ1n) is 6.73. The van der Waals surface area contributed by atoms with Crippen LogP contribution in [0.1, 0.15) is 0 Å². The molecule has 0 saturated carbocycles. The van der Waals surface area contributed by atoms with Crippen LogP contribution in [0.2, 0.25) is 5.02 Å². The lowest BCUT2D eigenvalue weighted by molar-refractivity contribution is -0.118. The first kappa shape index (κ1) is 15.0. The van der Waals surface area contributed by atoms with E-state index < -0.39 is 0 Å². The third-order valence-corrected chi connectivity index (χ3v) is 3.28. The van der Waals surface area contributed by atoms with Gasteiger partial charge in [-0.2, -0.15) is 0 Å². The molecule has 116 valence electrons. The standard InChI is InChI=1S/C15H12ClN5O2/c16-13-6-1-2-7-14(13)18-15(22)9-23-12-5-3-4-11(8-12)21-10-17-19-20-21/h1-8,10H,9H2,(H,18,22). The lowest BCUT2D eigenvalue weighted by atomic mass is 10.3. The number of halogens is 1. The van der Waals surface area contributed by atoms with Crippen LogP contribution in [0.5, 0.6) is 5.75 Å². The first-order valence-corrected chi connectivity index (χ1v) is 7.11. The van der Waals surface area contributed by atoms with Crippen LogP contribution in [0.25, 0.3) is 5.69 Å². The normalized spacial score (nSPS) is 10.3. The van der Waals surface area contributed by atoms with Crippen LogP contribution in [-0.2, 0) is 4.79 Å². The third-order valence-electron chi connectivity index (χ3n) is 2.95. The van der Waals surface area contributed by atoms with Gasteiger partial charge in [-0.15, -0.1) is 5.10 Å². The minimum Gasteiger partial charge on any atom is -0.484 e. The fourth-order valence-electron chi connectivity index (χ4n) is 1.89. The van der Waals surface area contributed by atoms with E-state index in [-0.39, 0.29) is 12.5 Å². The van der Waals surface area contributed by atoms with Crippen LogP contribution >= 0.6 is 11.6 Å². The molecule has 0 aliphatic carbocycles. The van der Waals surface area contributed by atoms with Gasteiger partial charge in [-0.1, -0.05) is 29.8 Å². The van der Waals surface area contributed by atoms with E-state index in [1.165, 1.54) is 11.0 Å². The topological polar surface area (TPSA) is 81.9 Å².